The second-order valence-corrected chi connectivity index (χ2v) is 5.73. The Labute approximate surface area is 116 Å². The van der Waals surface area contributed by atoms with Crippen molar-refractivity contribution in [1.29, 1.82) is 0 Å². The molecule has 2 saturated heterocycles. The third-order valence-electron chi connectivity index (χ3n) is 4.42. The molecule has 6 heteroatoms. The van der Waals surface area contributed by atoms with Crippen LogP contribution in [0.15, 0.2) is 18.2 Å². The van der Waals surface area contributed by atoms with Crippen LogP contribution < -0.4 is 5.32 Å². The number of likely N-dealkylation sites (tertiary alicyclic amines) is 1. The van der Waals surface area contributed by atoms with Crippen LogP contribution in [0.5, 0.6) is 0 Å². The van der Waals surface area contributed by atoms with Gasteiger partial charge in [0.2, 0.25) is 0 Å². The van der Waals surface area contributed by atoms with Crippen molar-refractivity contribution < 1.29 is 9.31 Å². The molecule has 0 amide bonds. The Hall–Kier alpha value is -1.53. The summed E-state index contributed by atoms with van der Waals surface area (Å²) < 4.78 is 13.3. The third kappa shape index (κ3) is 2.66. The second kappa shape index (κ2) is 5.46. The van der Waals surface area contributed by atoms with Crippen LogP contribution in [0.25, 0.3) is 0 Å². The Morgan fingerprint density at radius 3 is 3.00 bits per heavy atom. The Morgan fingerprint density at radius 1 is 1.40 bits per heavy atom. The monoisotopic (exact) mass is 279 g/mol. The van der Waals surface area contributed by atoms with Crippen molar-refractivity contribution in [3.63, 3.8) is 0 Å². The average molecular weight is 279 g/mol. The van der Waals surface area contributed by atoms with E-state index in [0.717, 1.165) is 44.6 Å². The Balaban J connectivity index is 1.74. The lowest BCUT2D eigenvalue weighted by Gasteiger charge is -2.34. The molecule has 2 unspecified atom stereocenters. The average Bonchev–Trinajstić information content (AvgIpc) is 2.85. The summed E-state index contributed by atoms with van der Waals surface area (Å²) >= 11 is 0. The fraction of sp³-hybridized carbons (Fsp3) is 0.571. The Morgan fingerprint density at radius 2 is 2.20 bits per heavy atom. The van der Waals surface area contributed by atoms with Gasteiger partial charge in [-0.25, -0.2) is 4.39 Å². The molecule has 2 aliphatic heterocycles. The van der Waals surface area contributed by atoms with E-state index in [1.54, 1.807) is 0 Å². The number of nitro groups is 1. The second-order valence-electron chi connectivity index (χ2n) is 5.73. The van der Waals surface area contributed by atoms with Crippen LogP contribution in [-0.4, -0.2) is 36.0 Å². The molecule has 108 valence electrons. The van der Waals surface area contributed by atoms with Crippen LogP contribution in [0.3, 0.4) is 0 Å². The standard InChI is InChI=1S/C14H18FN3O2/c15-13-1-2-14(18(19)20)11(5-13)8-17-4-3-10-6-16-7-12(10)9-17/h1-2,5,10,12,16H,3-4,6-9H2. The van der Waals surface area contributed by atoms with Gasteiger partial charge in [-0.05, 0) is 50.0 Å². The lowest BCUT2D eigenvalue weighted by molar-refractivity contribution is -0.385. The van der Waals surface area contributed by atoms with Crippen LogP contribution in [0.4, 0.5) is 10.1 Å². The smallest absolute Gasteiger partial charge is 0.274 e. The van der Waals surface area contributed by atoms with Gasteiger partial charge in [-0.1, -0.05) is 0 Å². The molecular formula is C14H18FN3O2. The first-order valence-corrected chi connectivity index (χ1v) is 6.99. The molecule has 20 heavy (non-hydrogen) atoms. The third-order valence-corrected chi connectivity index (χ3v) is 4.42. The van der Waals surface area contributed by atoms with Gasteiger partial charge in [0, 0.05) is 24.7 Å². The largest absolute Gasteiger partial charge is 0.316 e. The van der Waals surface area contributed by atoms with E-state index >= 15 is 0 Å². The molecule has 1 N–H and O–H groups in total. The van der Waals surface area contributed by atoms with E-state index < -0.39 is 10.7 Å². The van der Waals surface area contributed by atoms with Crippen LogP contribution >= 0.6 is 0 Å². The summed E-state index contributed by atoms with van der Waals surface area (Å²) in [6.07, 6.45) is 1.11. The normalized spacial score (nSPS) is 26.4. The number of nitro benzene ring substituents is 1. The molecule has 1 aromatic rings. The number of piperidine rings is 1. The number of benzene rings is 1. The number of fused-ring (bicyclic) bond motifs is 1. The fourth-order valence-electron chi connectivity index (χ4n) is 3.35. The van der Waals surface area contributed by atoms with Crippen molar-refractivity contribution in [2.75, 3.05) is 26.2 Å². The van der Waals surface area contributed by atoms with Gasteiger partial charge in [0.1, 0.15) is 5.82 Å². The van der Waals surface area contributed by atoms with E-state index in [4.69, 9.17) is 0 Å². The van der Waals surface area contributed by atoms with Crippen molar-refractivity contribution in [3.05, 3.63) is 39.7 Å². The molecule has 2 aliphatic rings. The number of hydrogen-bond acceptors (Lipinski definition) is 4. The molecule has 2 atom stereocenters. The SMILES string of the molecule is O=[N+]([O-])c1ccc(F)cc1CN1CCC2CNCC2C1. The molecule has 0 spiro atoms. The zero-order valence-electron chi connectivity index (χ0n) is 11.2. The Kier molecular flexibility index (Phi) is 3.67. The Bertz CT molecular complexity index is 523. The van der Waals surface area contributed by atoms with Gasteiger partial charge in [0.05, 0.1) is 4.92 Å². The highest BCUT2D eigenvalue weighted by atomic mass is 19.1. The zero-order chi connectivity index (χ0) is 14.1. The molecule has 1 aromatic carbocycles. The van der Waals surface area contributed by atoms with E-state index in [1.807, 2.05) is 0 Å². The summed E-state index contributed by atoms with van der Waals surface area (Å²) in [5, 5.41) is 14.4. The quantitative estimate of drug-likeness (QED) is 0.677. The van der Waals surface area contributed by atoms with E-state index in [9.17, 15) is 14.5 Å². The van der Waals surface area contributed by atoms with E-state index in [0.29, 0.717) is 18.0 Å². The molecule has 2 fully saturated rings. The van der Waals surface area contributed by atoms with Gasteiger partial charge in [-0.3, -0.25) is 15.0 Å². The lowest BCUT2D eigenvalue weighted by atomic mass is 9.88. The maximum Gasteiger partial charge on any atom is 0.274 e. The van der Waals surface area contributed by atoms with E-state index in [1.165, 1.54) is 12.1 Å². The number of halogens is 1. The molecule has 0 bridgehead atoms. The van der Waals surface area contributed by atoms with Crippen molar-refractivity contribution >= 4 is 5.69 Å². The number of hydrogen-bond donors (Lipinski definition) is 1. The summed E-state index contributed by atoms with van der Waals surface area (Å²) in [7, 11) is 0. The molecule has 0 aliphatic carbocycles. The maximum absolute atomic E-state index is 13.3. The highest BCUT2D eigenvalue weighted by molar-refractivity contribution is 5.40. The van der Waals surface area contributed by atoms with Crippen molar-refractivity contribution in [2.24, 2.45) is 11.8 Å². The molecule has 0 aromatic heterocycles. The minimum Gasteiger partial charge on any atom is -0.316 e. The van der Waals surface area contributed by atoms with Crippen LogP contribution in [0.2, 0.25) is 0 Å². The van der Waals surface area contributed by atoms with Crippen LogP contribution in [0.1, 0.15) is 12.0 Å². The van der Waals surface area contributed by atoms with Gasteiger partial charge in [-0.15, -0.1) is 0 Å². The first-order valence-electron chi connectivity index (χ1n) is 6.99. The summed E-state index contributed by atoms with van der Waals surface area (Å²) in [4.78, 5) is 12.8. The van der Waals surface area contributed by atoms with Crippen LogP contribution in [-0.2, 0) is 6.54 Å². The molecule has 0 saturated carbocycles. The fourth-order valence-corrected chi connectivity index (χ4v) is 3.35. The summed E-state index contributed by atoms with van der Waals surface area (Å²) in [6, 6.07) is 3.69. The maximum atomic E-state index is 13.3. The van der Waals surface area contributed by atoms with Crippen molar-refractivity contribution in [2.45, 2.75) is 13.0 Å². The number of nitrogens with one attached hydrogen (secondary N) is 1. The number of nitrogens with zero attached hydrogens (tertiary/aromatic N) is 2. The minimum atomic E-state index is -0.432. The van der Waals surface area contributed by atoms with Gasteiger partial charge in [-0.2, -0.15) is 0 Å². The van der Waals surface area contributed by atoms with Gasteiger partial charge < -0.3 is 5.32 Å². The first kappa shape index (κ1) is 13.5. The first-order chi connectivity index (χ1) is 9.63. The highest BCUT2D eigenvalue weighted by Gasteiger charge is 2.33. The van der Waals surface area contributed by atoms with Gasteiger partial charge in [0.25, 0.3) is 5.69 Å². The van der Waals surface area contributed by atoms with E-state index in [2.05, 4.69) is 10.2 Å². The number of rotatable bonds is 3. The van der Waals surface area contributed by atoms with E-state index in [-0.39, 0.29) is 5.69 Å². The summed E-state index contributed by atoms with van der Waals surface area (Å²) in [6.45, 7) is 4.42. The lowest BCUT2D eigenvalue weighted by Crippen LogP contribution is -2.39. The summed E-state index contributed by atoms with van der Waals surface area (Å²) in [5.74, 6) is 0.938. The molecule has 5 nitrogen and oxygen atoms in total. The predicted octanol–water partition coefficient (Wildman–Crippen LogP) is 1.78. The van der Waals surface area contributed by atoms with Gasteiger partial charge >= 0.3 is 0 Å². The molecule has 3 rings (SSSR count). The van der Waals surface area contributed by atoms with Gasteiger partial charge in [0.15, 0.2) is 0 Å². The summed E-state index contributed by atoms with van der Waals surface area (Å²) in [5.41, 5.74) is 0.484. The van der Waals surface area contributed by atoms with Crippen LogP contribution in [0, 0.1) is 27.8 Å². The topological polar surface area (TPSA) is 58.4 Å². The van der Waals surface area contributed by atoms with Crippen molar-refractivity contribution in [3.8, 4) is 0 Å². The van der Waals surface area contributed by atoms with Crippen molar-refractivity contribution in [1.82, 2.24) is 10.2 Å². The highest BCUT2D eigenvalue weighted by Crippen LogP contribution is 2.29. The minimum absolute atomic E-state index is 0.0121. The molecule has 0 radical (unpaired) electrons. The molecular weight excluding hydrogens is 261 g/mol. The molecule has 2 heterocycles. The predicted molar refractivity (Wildman–Crippen MR) is 72.8 cm³/mol. The zero-order valence-corrected chi connectivity index (χ0v) is 11.2.